The second-order valence-corrected chi connectivity index (χ2v) is 5.86. The third kappa shape index (κ3) is 7.17. The van der Waals surface area contributed by atoms with E-state index in [9.17, 15) is 35.3 Å². The summed E-state index contributed by atoms with van der Waals surface area (Å²) in [6.07, 6.45) is -1.85. The van der Waals surface area contributed by atoms with Crippen molar-refractivity contribution in [2.75, 3.05) is 0 Å². The van der Waals surface area contributed by atoms with Crippen LogP contribution in [0.2, 0.25) is 0 Å². The van der Waals surface area contributed by atoms with Crippen LogP contribution in [0.5, 0.6) is 5.75 Å². The SMILES string of the molecule is CC.Cc1cnc(-c2ccc(CF)c(F)c2)nc1.FOc1cc(F)c(C(F)(F)F)c(F)c1. The summed E-state index contributed by atoms with van der Waals surface area (Å²) in [6, 6.07) is 4.48. The highest BCUT2D eigenvalue weighted by molar-refractivity contribution is 5.55. The highest BCUT2D eigenvalue weighted by atomic mass is 19.4. The van der Waals surface area contributed by atoms with E-state index in [1.165, 1.54) is 12.1 Å². The van der Waals surface area contributed by atoms with E-state index >= 15 is 0 Å². The molecule has 0 amide bonds. The molecule has 3 aromatic rings. The molecule has 174 valence electrons. The Bertz CT molecular complexity index is 985. The van der Waals surface area contributed by atoms with Gasteiger partial charge in [0, 0.05) is 40.2 Å². The van der Waals surface area contributed by atoms with Gasteiger partial charge in [0.1, 0.15) is 29.7 Å². The van der Waals surface area contributed by atoms with Gasteiger partial charge in [-0.2, -0.15) is 13.2 Å². The first-order valence-electron chi connectivity index (χ1n) is 9.05. The number of nitrogens with zero attached hydrogens (tertiary/aromatic N) is 2. The lowest BCUT2D eigenvalue weighted by atomic mass is 10.1. The lowest BCUT2D eigenvalue weighted by molar-refractivity contribution is -0.142. The van der Waals surface area contributed by atoms with E-state index in [2.05, 4.69) is 14.9 Å². The number of benzene rings is 2. The second-order valence-electron chi connectivity index (χ2n) is 5.86. The molecule has 11 heteroatoms. The monoisotopic (exact) mass is 466 g/mol. The minimum Gasteiger partial charge on any atom is -0.294 e. The number of halogens is 8. The largest absolute Gasteiger partial charge is 0.422 e. The molecule has 0 unspecified atom stereocenters. The Morgan fingerprint density at radius 1 is 0.875 bits per heavy atom. The molecule has 0 aliphatic carbocycles. The fourth-order valence-electron chi connectivity index (χ4n) is 2.20. The average molecular weight is 466 g/mol. The summed E-state index contributed by atoms with van der Waals surface area (Å²) in [5.74, 6) is -4.94. The molecular weight excluding hydrogens is 448 g/mol. The Hall–Kier alpha value is -3.24. The number of aryl methyl sites for hydroxylation is 1. The van der Waals surface area contributed by atoms with Gasteiger partial charge >= 0.3 is 6.18 Å². The van der Waals surface area contributed by atoms with Gasteiger partial charge in [-0.15, -0.1) is 0 Å². The fraction of sp³-hybridized carbons (Fsp3) is 0.238. The Labute approximate surface area is 178 Å². The van der Waals surface area contributed by atoms with Crippen LogP contribution >= 0.6 is 0 Å². The smallest absolute Gasteiger partial charge is 0.294 e. The highest BCUT2D eigenvalue weighted by Gasteiger charge is 2.38. The summed E-state index contributed by atoms with van der Waals surface area (Å²) < 4.78 is 98.0. The topological polar surface area (TPSA) is 35.0 Å². The van der Waals surface area contributed by atoms with Crippen LogP contribution in [0.25, 0.3) is 11.4 Å². The molecule has 0 saturated heterocycles. The normalized spacial score (nSPS) is 10.5. The van der Waals surface area contributed by atoms with Crippen LogP contribution in [0.3, 0.4) is 0 Å². The van der Waals surface area contributed by atoms with Crippen LogP contribution in [0.15, 0.2) is 42.7 Å². The van der Waals surface area contributed by atoms with Crippen molar-refractivity contribution in [1.82, 2.24) is 9.97 Å². The first-order valence-corrected chi connectivity index (χ1v) is 9.05. The molecule has 0 aliphatic rings. The molecule has 0 spiro atoms. The van der Waals surface area contributed by atoms with Crippen LogP contribution in [0.4, 0.5) is 35.3 Å². The summed E-state index contributed by atoms with van der Waals surface area (Å²) in [7, 11) is 0. The number of rotatable bonds is 3. The molecule has 3 nitrogen and oxygen atoms in total. The van der Waals surface area contributed by atoms with Crippen molar-refractivity contribution in [3.05, 3.63) is 76.9 Å². The van der Waals surface area contributed by atoms with E-state index in [4.69, 9.17) is 0 Å². The van der Waals surface area contributed by atoms with E-state index in [1.54, 1.807) is 18.5 Å². The van der Waals surface area contributed by atoms with Crippen molar-refractivity contribution in [2.45, 2.75) is 33.6 Å². The van der Waals surface area contributed by atoms with Crippen molar-refractivity contribution < 1.29 is 40.2 Å². The van der Waals surface area contributed by atoms with Gasteiger partial charge in [0.15, 0.2) is 11.6 Å². The zero-order valence-electron chi connectivity index (χ0n) is 17.1. The summed E-state index contributed by atoms with van der Waals surface area (Å²) in [5.41, 5.74) is -0.534. The summed E-state index contributed by atoms with van der Waals surface area (Å²) in [6.45, 7) is 5.07. The Morgan fingerprint density at radius 3 is 1.81 bits per heavy atom. The molecule has 0 fully saturated rings. The maximum Gasteiger partial charge on any atom is 0.422 e. The van der Waals surface area contributed by atoms with Crippen molar-refractivity contribution in [3.63, 3.8) is 0 Å². The number of hydrogen-bond acceptors (Lipinski definition) is 3. The molecule has 1 aromatic heterocycles. The zero-order valence-corrected chi connectivity index (χ0v) is 17.1. The van der Waals surface area contributed by atoms with Crippen LogP contribution in [-0.2, 0) is 12.9 Å². The molecule has 32 heavy (non-hydrogen) atoms. The second kappa shape index (κ2) is 12.0. The van der Waals surface area contributed by atoms with Crippen LogP contribution in [-0.4, -0.2) is 9.97 Å². The van der Waals surface area contributed by atoms with Crippen LogP contribution in [0, 0.1) is 24.4 Å². The van der Waals surface area contributed by atoms with E-state index in [1.807, 2.05) is 20.8 Å². The van der Waals surface area contributed by atoms with Gasteiger partial charge in [-0.05, 0) is 18.6 Å². The first-order chi connectivity index (χ1) is 15.1. The maximum atomic E-state index is 13.3. The molecule has 0 bridgehead atoms. The van der Waals surface area contributed by atoms with E-state index in [-0.39, 0.29) is 17.7 Å². The minimum absolute atomic E-state index is 0.0517. The molecule has 0 aliphatic heterocycles. The molecular formula is C21H18F8N2O. The quantitative estimate of drug-likeness (QED) is 0.379. The zero-order chi connectivity index (χ0) is 24.5. The minimum atomic E-state index is -5.16. The van der Waals surface area contributed by atoms with E-state index in [0.717, 1.165) is 5.56 Å². The molecule has 0 saturated carbocycles. The molecule has 0 atom stereocenters. The first kappa shape index (κ1) is 26.8. The van der Waals surface area contributed by atoms with Gasteiger partial charge in [-0.3, -0.25) is 4.94 Å². The van der Waals surface area contributed by atoms with E-state index in [0.29, 0.717) is 11.4 Å². The maximum absolute atomic E-state index is 13.3. The van der Waals surface area contributed by atoms with Gasteiger partial charge < -0.3 is 0 Å². The Balaban J connectivity index is 0.000000300. The van der Waals surface area contributed by atoms with Gasteiger partial charge in [-0.1, -0.05) is 26.0 Å². The predicted octanol–water partition coefficient (Wildman–Crippen LogP) is 7.33. The Morgan fingerprint density at radius 2 is 1.41 bits per heavy atom. The van der Waals surface area contributed by atoms with Crippen molar-refractivity contribution >= 4 is 0 Å². The highest BCUT2D eigenvalue weighted by Crippen LogP contribution is 2.35. The van der Waals surface area contributed by atoms with E-state index < -0.39 is 41.6 Å². The number of aromatic nitrogens is 2. The van der Waals surface area contributed by atoms with Crippen LogP contribution < -0.4 is 4.94 Å². The number of hydrogen-bond donors (Lipinski definition) is 0. The third-order valence-electron chi connectivity index (χ3n) is 3.62. The van der Waals surface area contributed by atoms with Gasteiger partial charge in [0.05, 0.1) is 0 Å². The molecule has 3 rings (SSSR count). The average Bonchev–Trinajstić information content (AvgIpc) is 2.74. The van der Waals surface area contributed by atoms with Gasteiger partial charge in [-0.25, -0.2) is 27.5 Å². The van der Waals surface area contributed by atoms with Gasteiger partial charge in [0.2, 0.25) is 0 Å². The van der Waals surface area contributed by atoms with Crippen molar-refractivity contribution in [1.29, 1.82) is 0 Å². The molecule has 2 aromatic carbocycles. The standard InChI is InChI=1S/C12H10F2N2.C7H2F6O.C2H6/c1-8-6-15-12(16-7-8)9-2-3-10(5-13)11(14)4-9;8-4-1-3(14-13)2-5(9)6(4)7(10,11)12;1-2/h2-4,6-7H,5H2,1H3;1-2H;1-2H3. The molecule has 0 N–H and O–H groups in total. The van der Waals surface area contributed by atoms with Crippen molar-refractivity contribution in [2.24, 2.45) is 0 Å². The van der Waals surface area contributed by atoms with Crippen molar-refractivity contribution in [3.8, 4) is 17.1 Å². The summed E-state index contributed by atoms with van der Waals surface area (Å²) in [5, 5.41) is 0. The molecule has 0 radical (unpaired) electrons. The number of alkyl halides is 4. The lowest BCUT2D eigenvalue weighted by Crippen LogP contribution is -2.11. The summed E-state index contributed by atoms with van der Waals surface area (Å²) >= 11 is 0. The Kier molecular flexibility index (Phi) is 10.0. The predicted molar refractivity (Wildman–Crippen MR) is 101 cm³/mol. The molecule has 1 heterocycles. The van der Waals surface area contributed by atoms with Gasteiger partial charge in [0.25, 0.3) is 0 Å². The van der Waals surface area contributed by atoms with Crippen LogP contribution in [0.1, 0.15) is 30.5 Å². The fourth-order valence-corrected chi connectivity index (χ4v) is 2.20. The summed E-state index contributed by atoms with van der Waals surface area (Å²) in [4.78, 5) is 11.0. The third-order valence-corrected chi connectivity index (χ3v) is 3.62. The lowest BCUT2D eigenvalue weighted by Gasteiger charge is -2.09.